The lowest BCUT2D eigenvalue weighted by atomic mass is 9.97. The van der Waals surface area contributed by atoms with Gasteiger partial charge in [-0.1, -0.05) is 44.2 Å². The molecule has 1 aromatic carbocycles. The van der Waals surface area contributed by atoms with Crippen LogP contribution in [0.1, 0.15) is 50.8 Å². The summed E-state index contributed by atoms with van der Waals surface area (Å²) in [5.41, 5.74) is 2.20. The van der Waals surface area contributed by atoms with Crippen LogP contribution in [0.4, 0.5) is 0 Å². The van der Waals surface area contributed by atoms with Crippen molar-refractivity contribution >= 4 is 11.0 Å². The molecule has 3 rings (SSSR count). The number of H-pyrrole nitrogens is 1. The summed E-state index contributed by atoms with van der Waals surface area (Å²) in [5, 5.41) is 3.67. The van der Waals surface area contributed by atoms with Gasteiger partial charge in [-0.15, -0.1) is 0 Å². The third-order valence-electron chi connectivity index (χ3n) is 4.10. The topological polar surface area (TPSA) is 40.7 Å². The first-order chi connectivity index (χ1) is 9.42. The Labute approximate surface area is 114 Å². The van der Waals surface area contributed by atoms with Crippen LogP contribution >= 0.6 is 0 Å². The van der Waals surface area contributed by atoms with Gasteiger partial charge in [-0.25, -0.2) is 4.98 Å². The molecule has 0 radical (unpaired) electrons. The molecule has 19 heavy (non-hydrogen) atoms. The highest BCUT2D eigenvalue weighted by atomic mass is 15.0. The SMILES string of the molecule is c1ccc2[nH]c(CNC3CCCCCCC3)nc2c1. The molecule has 0 spiro atoms. The van der Waals surface area contributed by atoms with E-state index in [1.54, 1.807) is 0 Å². The average molecular weight is 257 g/mol. The summed E-state index contributed by atoms with van der Waals surface area (Å²) in [6, 6.07) is 8.91. The van der Waals surface area contributed by atoms with Crippen molar-refractivity contribution < 1.29 is 0 Å². The molecule has 0 bridgehead atoms. The maximum absolute atomic E-state index is 4.62. The largest absolute Gasteiger partial charge is 0.341 e. The molecular weight excluding hydrogens is 234 g/mol. The van der Waals surface area contributed by atoms with Gasteiger partial charge in [-0.05, 0) is 25.0 Å². The zero-order valence-corrected chi connectivity index (χ0v) is 11.5. The van der Waals surface area contributed by atoms with Gasteiger partial charge in [0.05, 0.1) is 17.6 Å². The number of hydrogen-bond acceptors (Lipinski definition) is 2. The molecular formula is C16H23N3. The summed E-state index contributed by atoms with van der Waals surface area (Å²) in [6.45, 7) is 0.860. The third-order valence-corrected chi connectivity index (χ3v) is 4.10. The first-order valence-electron chi connectivity index (χ1n) is 7.59. The van der Waals surface area contributed by atoms with Gasteiger partial charge in [-0.2, -0.15) is 0 Å². The van der Waals surface area contributed by atoms with E-state index in [1.807, 2.05) is 12.1 Å². The van der Waals surface area contributed by atoms with E-state index in [9.17, 15) is 0 Å². The number of nitrogens with zero attached hydrogens (tertiary/aromatic N) is 1. The fourth-order valence-electron chi connectivity index (χ4n) is 2.99. The second-order valence-corrected chi connectivity index (χ2v) is 5.62. The highest BCUT2D eigenvalue weighted by molar-refractivity contribution is 5.74. The van der Waals surface area contributed by atoms with Crippen molar-refractivity contribution in [2.75, 3.05) is 0 Å². The molecule has 0 aliphatic heterocycles. The lowest BCUT2D eigenvalue weighted by Gasteiger charge is -2.20. The van der Waals surface area contributed by atoms with Crippen molar-refractivity contribution in [3.8, 4) is 0 Å². The monoisotopic (exact) mass is 257 g/mol. The number of aromatic nitrogens is 2. The van der Waals surface area contributed by atoms with Crippen molar-refractivity contribution in [3.05, 3.63) is 30.1 Å². The van der Waals surface area contributed by atoms with Crippen molar-refractivity contribution in [3.63, 3.8) is 0 Å². The van der Waals surface area contributed by atoms with E-state index >= 15 is 0 Å². The molecule has 0 atom stereocenters. The minimum Gasteiger partial charge on any atom is -0.341 e. The van der Waals surface area contributed by atoms with Crippen LogP contribution < -0.4 is 5.32 Å². The zero-order chi connectivity index (χ0) is 12.9. The van der Waals surface area contributed by atoms with E-state index < -0.39 is 0 Å². The molecule has 102 valence electrons. The zero-order valence-electron chi connectivity index (χ0n) is 11.5. The molecule has 1 fully saturated rings. The Morgan fingerprint density at radius 3 is 2.58 bits per heavy atom. The molecule has 1 aliphatic carbocycles. The molecule has 0 amide bonds. The van der Waals surface area contributed by atoms with Gasteiger partial charge < -0.3 is 10.3 Å². The Balaban J connectivity index is 1.58. The average Bonchev–Trinajstić information content (AvgIpc) is 2.80. The number of hydrogen-bond donors (Lipinski definition) is 2. The molecule has 2 aromatic rings. The number of rotatable bonds is 3. The summed E-state index contributed by atoms with van der Waals surface area (Å²) in [4.78, 5) is 8.01. The Morgan fingerprint density at radius 2 is 1.79 bits per heavy atom. The molecule has 3 heteroatoms. The fraction of sp³-hybridized carbons (Fsp3) is 0.562. The fourth-order valence-corrected chi connectivity index (χ4v) is 2.99. The Morgan fingerprint density at radius 1 is 1.05 bits per heavy atom. The Bertz CT molecular complexity index is 476. The first-order valence-corrected chi connectivity index (χ1v) is 7.59. The van der Waals surface area contributed by atoms with Crippen LogP contribution in [0, 0.1) is 0 Å². The lowest BCUT2D eigenvalue weighted by Crippen LogP contribution is -2.29. The number of fused-ring (bicyclic) bond motifs is 1. The molecule has 0 unspecified atom stereocenters. The number of nitrogens with one attached hydrogen (secondary N) is 2. The van der Waals surface area contributed by atoms with Crippen molar-refractivity contribution in [1.82, 2.24) is 15.3 Å². The third kappa shape index (κ3) is 3.35. The second kappa shape index (κ2) is 6.20. The van der Waals surface area contributed by atoms with Crippen molar-refractivity contribution in [2.45, 2.75) is 57.5 Å². The van der Waals surface area contributed by atoms with E-state index in [1.165, 1.54) is 44.9 Å². The van der Waals surface area contributed by atoms with Crippen LogP contribution in [0.2, 0.25) is 0 Å². The smallest absolute Gasteiger partial charge is 0.121 e. The van der Waals surface area contributed by atoms with Crippen molar-refractivity contribution in [1.29, 1.82) is 0 Å². The van der Waals surface area contributed by atoms with Gasteiger partial charge in [0, 0.05) is 6.04 Å². The second-order valence-electron chi connectivity index (χ2n) is 5.62. The summed E-state index contributed by atoms with van der Waals surface area (Å²) in [5.74, 6) is 1.06. The highest BCUT2D eigenvalue weighted by Crippen LogP contribution is 2.17. The van der Waals surface area contributed by atoms with Crippen LogP contribution in [0.5, 0.6) is 0 Å². The highest BCUT2D eigenvalue weighted by Gasteiger charge is 2.11. The molecule has 1 heterocycles. The normalized spacial score (nSPS) is 18.3. The summed E-state index contributed by atoms with van der Waals surface area (Å²) in [6.07, 6.45) is 9.62. The molecule has 0 saturated heterocycles. The van der Waals surface area contributed by atoms with E-state index in [-0.39, 0.29) is 0 Å². The molecule has 1 aliphatic rings. The van der Waals surface area contributed by atoms with E-state index in [0.29, 0.717) is 6.04 Å². The number of aromatic amines is 1. The molecule has 3 nitrogen and oxygen atoms in total. The van der Waals surface area contributed by atoms with Crippen LogP contribution in [-0.4, -0.2) is 16.0 Å². The minimum atomic E-state index is 0.675. The van der Waals surface area contributed by atoms with Crippen LogP contribution in [0.3, 0.4) is 0 Å². The molecule has 2 N–H and O–H groups in total. The van der Waals surface area contributed by atoms with Crippen LogP contribution in [-0.2, 0) is 6.54 Å². The summed E-state index contributed by atoms with van der Waals surface area (Å²) < 4.78 is 0. The van der Waals surface area contributed by atoms with Gasteiger partial charge in [0.15, 0.2) is 0 Å². The molecule has 1 saturated carbocycles. The van der Waals surface area contributed by atoms with Gasteiger partial charge in [0.25, 0.3) is 0 Å². The number of imidazole rings is 1. The predicted octanol–water partition coefficient (Wildman–Crippen LogP) is 3.77. The maximum Gasteiger partial charge on any atom is 0.121 e. The van der Waals surface area contributed by atoms with Gasteiger partial charge >= 0.3 is 0 Å². The van der Waals surface area contributed by atoms with Crippen molar-refractivity contribution in [2.24, 2.45) is 0 Å². The standard InChI is InChI=1S/C16H23N3/c1-2-4-8-13(9-5-3-1)17-12-16-18-14-10-6-7-11-15(14)19-16/h6-7,10-11,13,17H,1-5,8-9,12H2,(H,18,19). The number of benzene rings is 1. The van der Waals surface area contributed by atoms with Gasteiger partial charge in [-0.3, -0.25) is 0 Å². The first kappa shape index (κ1) is 12.7. The summed E-state index contributed by atoms with van der Waals surface area (Å²) >= 11 is 0. The Kier molecular flexibility index (Phi) is 4.13. The van der Waals surface area contributed by atoms with E-state index in [2.05, 4.69) is 27.4 Å². The predicted molar refractivity (Wildman–Crippen MR) is 79.0 cm³/mol. The lowest BCUT2D eigenvalue weighted by molar-refractivity contribution is 0.386. The van der Waals surface area contributed by atoms with E-state index in [4.69, 9.17) is 0 Å². The Hall–Kier alpha value is -1.35. The van der Waals surface area contributed by atoms with E-state index in [0.717, 1.165) is 23.4 Å². The quantitative estimate of drug-likeness (QED) is 0.879. The maximum atomic E-state index is 4.62. The number of para-hydroxylation sites is 2. The van der Waals surface area contributed by atoms with Crippen LogP contribution in [0.15, 0.2) is 24.3 Å². The van der Waals surface area contributed by atoms with Crippen LogP contribution in [0.25, 0.3) is 11.0 Å². The van der Waals surface area contributed by atoms with Gasteiger partial charge in [0.2, 0.25) is 0 Å². The summed E-state index contributed by atoms with van der Waals surface area (Å²) in [7, 11) is 0. The minimum absolute atomic E-state index is 0.675. The van der Waals surface area contributed by atoms with Gasteiger partial charge in [0.1, 0.15) is 5.82 Å². The molecule has 1 aromatic heterocycles.